The van der Waals surface area contributed by atoms with Gasteiger partial charge in [-0.3, -0.25) is 0 Å². The van der Waals surface area contributed by atoms with E-state index in [1.807, 2.05) is 6.92 Å². The van der Waals surface area contributed by atoms with Gasteiger partial charge < -0.3 is 15.5 Å². The normalized spacial score (nSPS) is 14.9. The van der Waals surface area contributed by atoms with Crippen molar-refractivity contribution in [1.82, 2.24) is 5.32 Å². The fraction of sp³-hybridized carbons (Fsp3) is 0.455. The summed E-state index contributed by atoms with van der Waals surface area (Å²) in [5.41, 5.74) is 0.817. The maximum absolute atomic E-state index is 9.77. The standard InChI is InChI=1S/C11H16ClNO2/c1-8(7-14)13-6-11(15)9-2-4-10(12)5-3-9/h2-5,8,11,13-15H,6-7H2,1H3/t8-,11?/m1/s1. The fourth-order valence-electron chi connectivity index (χ4n) is 1.18. The minimum Gasteiger partial charge on any atom is -0.395 e. The zero-order valence-corrected chi connectivity index (χ0v) is 9.41. The molecule has 2 atom stereocenters. The largest absolute Gasteiger partial charge is 0.395 e. The maximum atomic E-state index is 9.77. The van der Waals surface area contributed by atoms with E-state index in [4.69, 9.17) is 16.7 Å². The summed E-state index contributed by atoms with van der Waals surface area (Å²) in [6.45, 7) is 2.34. The third kappa shape index (κ3) is 4.18. The lowest BCUT2D eigenvalue weighted by atomic mass is 10.1. The van der Waals surface area contributed by atoms with Crippen LogP contribution in [0.3, 0.4) is 0 Å². The Balaban J connectivity index is 2.46. The van der Waals surface area contributed by atoms with Gasteiger partial charge in [-0.1, -0.05) is 23.7 Å². The molecule has 0 aliphatic heterocycles. The van der Waals surface area contributed by atoms with E-state index in [0.717, 1.165) is 5.56 Å². The second kappa shape index (κ2) is 6.08. The lowest BCUT2D eigenvalue weighted by Crippen LogP contribution is -2.32. The van der Waals surface area contributed by atoms with Gasteiger partial charge in [-0.15, -0.1) is 0 Å². The van der Waals surface area contributed by atoms with Crippen molar-refractivity contribution < 1.29 is 10.2 Å². The summed E-state index contributed by atoms with van der Waals surface area (Å²) in [6.07, 6.45) is -0.573. The highest BCUT2D eigenvalue weighted by Gasteiger charge is 2.08. The molecule has 0 spiro atoms. The van der Waals surface area contributed by atoms with E-state index in [2.05, 4.69) is 5.32 Å². The molecule has 0 radical (unpaired) electrons. The molecule has 3 nitrogen and oxygen atoms in total. The highest BCUT2D eigenvalue weighted by Crippen LogP contribution is 2.15. The zero-order valence-electron chi connectivity index (χ0n) is 8.65. The van der Waals surface area contributed by atoms with Gasteiger partial charge >= 0.3 is 0 Å². The van der Waals surface area contributed by atoms with E-state index in [1.54, 1.807) is 24.3 Å². The van der Waals surface area contributed by atoms with Gasteiger partial charge in [0.2, 0.25) is 0 Å². The second-order valence-corrected chi connectivity index (χ2v) is 4.00. The van der Waals surface area contributed by atoms with Crippen LogP contribution < -0.4 is 5.32 Å². The second-order valence-electron chi connectivity index (χ2n) is 3.56. The number of benzene rings is 1. The van der Waals surface area contributed by atoms with Gasteiger partial charge in [-0.25, -0.2) is 0 Å². The van der Waals surface area contributed by atoms with Crippen molar-refractivity contribution in [3.05, 3.63) is 34.9 Å². The van der Waals surface area contributed by atoms with Gasteiger partial charge in [0.25, 0.3) is 0 Å². The molecule has 1 unspecified atom stereocenters. The number of aliphatic hydroxyl groups excluding tert-OH is 2. The first-order valence-corrected chi connectivity index (χ1v) is 5.29. The average Bonchev–Trinajstić information content (AvgIpc) is 2.26. The van der Waals surface area contributed by atoms with Crippen molar-refractivity contribution in [1.29, 1.82) is 0 Å². The highest BCUT2D eigenvalue weighted by molar-refractivity contribution is 6.30. The van der Waals surface area contributed by atoms with Crippen LogP contribution in [0.1, 0.15) is 18.6 Å². The predicted molar refractivity (Wildman–Crippen MR) is 61.0 cm³/mol. The monoisotopic (exact) mass is 229 g/mol. The molecule has 0 aliphatic rings. The molecular formula is C11H16ClNO2. The van der Waals surface area contributed by atoms with Gasteiger partial charge in [0.15, 0.2) is 0 Å². The van der Waals surface area contributed by atoms with Crippen molar-refractivity contribution in [2.24, 2.45) is 0 Å². The molecular weight excluding hydrogens is 214 g/mol. The first-order valence-electron chi connectivity index (χ1n) is 4.91. The van der Waals surface area contributed by atoms with E-state index in [9.17, 15) is 5.11 Å². The summed E-state index contributed by atoms with van der Waals surface area (Å²) < 4.78 is 0. The molecule has 0 amide bonds. The topological polar surface area (TPSA) is 52.5 Å². The Labute approximate surface area is 94.7 Å². The van der Waals surface area contributed by atoms with Crippen LogP contribution in [0.15, 0.2) is 24.3 Å². The average molecular weight is 230 g/mol. The Bertz CT molecular complexity index is 289. The van der Waals surface area contributed by atoms with E-state index in [0.29, 0.717) is 11.6 Å². The molecule has 15 heavy (non-hydrogen) atoms. The Morgan fingerprint density at radius 2 is 1.93 bits per heavy atom. The van der Waals surface area contributed by atoms with Crippen LogP contribution >= 0.6 is 11.6 Å². The van der Waals surface area contributed by atoms with Gasteiger partial charge in [0.05, 0.1) is 12.7 Å². The number of nitrogens with one attached hydrogen (secondary N) is 1. The number of aliphatic hydroxyl groups is 2. The van der Waals surface area contributed by atoms with E-state index in [1.165, 1.54) is 0 Å². The maximum Gasteiger partial charge on any atom is 0.0914 e. The zero-order chi connectivity index (χ0) is 11.3. The Morgan fingerprint density at radius 3 is 2.47 bits per heavy atom. The highest BCUT2D eigenvalue weighted by atomic mass is 35.5. The summed E-state index contributed by atoms with van der Waals surface area (Å²) in [5.74, 6) is 0. The third-order valence-corrected chi connectivity index (χ3v) is 2.44. The Morgan fingerprint density at radius 1 is 1.33 bits per heavy atom. The Kier molecular flexibility index (Phi) is 5.05. The van der Waals surface area contributed by atoms with E-state index < -0.39 is 6.10 Å². The van der Waals surface area contributed by atoms with E-state index >= 15 is 0 Å². The number of halogens is 1. The number of hydrogen-bond donors (Lipinski definition) is 3. The molecule has 3 N–H and O–H groups in total. The van der Waals surface area contributed by atoms with Crippen LogP contribution in [0, 0.1) is 0 Å². The summed E-state index contributed by atoms with van der Waals surface area (Å²) >= 11 is 5.74. The number of hydrogen-bond acceptors (Lipinski definition) is 3. The lowest BCUT2D eigenvalue weighted by molar-refractivity contribution is 0.161. The summed E-state index contributed by atoms with van der Waals surface area (Å²) in [6, 6.07) is 7.06. The Hall–Kier alpha value is -0.610. The predicted octanol–water partition coefficient (Wildman–Crippen LogP) is 1.34. The molecule has 84 valence electrons. The van der Waals surface area contributed by atoms with Crippen LogP contribution in [0.25, 0.3) is 0 Å². The fourth-order valence-corrected chi connectivity index (χ4v) is 1.31. The molecule has 1 rings (SSSR count). The SMILES string of the molecule is C[C@H](CO)NCC(O)c1ccc(Cl)cc1. The molecule has 0 heterocycles. The third-order valence-electron chi connectivity index (χ3n) is 2.19. The summed E-state index contributed by atoms with van der Waals surface area (Å²) in [7, 11) is 0. The van der Waals surface area contributed by atoms with Crippen molar-refractivity contribution in [2.45, 2.75) is 19.1 Å². The molecule has 0 fully saturated rings. The lowest BCUT2D eigenvalue weighted by Gasteiger charge is -2.15. The van der Waals surface area contributed by atoms with Crippen molar-refractivity contribution in [3.63, 3.8) is 0 Å². The molecule has 4 heteroatoms. The van der Waals surface area contributed by atoms with Gasteiger partial charge in [-0.2, -0.15) is 0 Å². The minimum atomic E-state index is -0.573. The van der Waals surface area contributed by atoms with Gasteiger partial charge in [-0.05, 0) is 24.6 Å². The van der Waals surface area contributed by atoms with Gasteiger partial charge in [0.1, 0.15) is 0 Å². The van der Waals surface area contributed by atoms with Crippen LogP contribution in [-0.2, 0) is 0 Å². The number of rotatable bonds is 5. The molecule has 0 saturated heterocycles. The molecule has 0 aromatic heterocycles. The van der Waals surface area contributed by atoms with Crippen LogP contribution in [-0.4, -0.2) is 29.4 Å². The van der Waals surface area contributed by atoms with Crippen molar-refractivity contribution in [3.8, 4) is 0 Å². The quantitative estimate of drug-likeness (QED) is 0.715. The van der Waals surface area contributed by atoms with Crippen LogP contribution in [0.5, 0.6) is 0 Å². The van der Waals surface area contributed by atoms with Crippen molar-refractivity contribution >= 4 is 11.6 Å². The molecule has 1 aromatic carbocycles. The van der Waals surface area contributed by atoms with Crippen molar-refractivity contribution in [2.75, 3.05) is 13.2 Å². The molecule has 0 saturated carbocycles. The summed E-state index contributed by atoms with van der Waals surface area (Å²) in [5, 5.41) is 22.2. The van der Waals surface area contributed by atoms with E-state index in [-0.39, 0.29) is 12.6 Å². The smallest absolute Gasteiger partial charge is 0.0914 e. The van der Waals surface area contributed by atoms with Crippen LogP contribution in [0.4, 0.5) is 0 Å². The molecule has 0 aliphatic carbocycles. The van der Waals surface area contributed by atoms with Gasteiger partial charge in [0, 0.05) is 17.6 Å². The first kappa shape index (κ1) is 12.5. The molecule has 0 bridgehead atoms. The minimum absolute atomic E-state index is 0.00745. The summed E-state index contributed by atoms with van der Waals surface area (Å²) in [4.78, 5) is 0. The molecule has 1 aromatic rings. The van der Waals surface area contributed by atoms with Crippen LogP contribution in [0.2, 0.25) is 5.02 Å². The first-order chi connectivity index (χ1) is 7.13.